The Morgan fingerprint density at radius 3 is 2.59 bits per heavy atom. The number of nitrogens with zero attached hydrogens (tertiary/aromatic N) is 1. The molecule has 0 spiro atoms. The van der Waals surface area contributed by atoms with Crippen molar-refractivity contribution in [3.05, 3.63) is 59.1 Å². The van der Waals surface area contributed by atoms with E-state index in [0.717, 1.165) is 31.2 Å². The van der Waals surface area contributed by atoms with E-state index in [1.807, 2.05) is 19.1 Å². The van der Waals surface area contributed by atoms with E-state index in [-0.39, 0.29) is 24.3 Å². The Hall–Kier alpha value is -2.86. The van der Waals surface area contributed by atoms with Crippen LogP contribution in [0.3, 0.4) is 0 Å². The molecule has 1 saturated carbocycles. The van der Waals surface area contributed by atoms with Gasteiger partial charge in [0.15, 0.2) is 6.61 Å². The summed E-state index contributed by atoms with van der Waals surface area (Å²) in [6.45, 7) is 1.70. The number of carbonyl (C=O) groups is 2. The van der Waals surface area contributed by atoms with Crippen molar-refractivity contribution in [3.63, 3.8) is 0 Å². The first kappa shape index (κ1) is 20.9. The van der Waals surface area contributed by atoms with Gasteiger partial charge in [0.2, 0.25) is 5.91 Å². The SMILES string of the molecule is C/C(=N/NC(=O)C1CCCC1)c1cccc(NC(=O)COc2ccc(Cl)cc2)c1. The molecule has 2 amide bonds. The molecule has 0 aromatic heterocycles. The van der Waals surface area contributed by atoms with Gasteiger partial charge in [-0.3, -0.25) is 9.59 Å². The highest BCUT2D eigenvalue weighted by atomic mass is 35.5. The summed E-state index contributed by atoms with van der Waals surface area (Å²) in [5.41, 5.74) is 4.77. The zero-order valence-electron chi connectivity index (χ0n) is 16.3. The molecule has 0 heterocycles. The van der Waals surface area contributed by atoms with E-state index >= 15 is 0 Å². The predicted molar refractivity (Wildman–Crippen MR) is 114 cm³/mol. The lowest BCUT2D eigenvalue weighted by Gasteiger charge is -2.10. The van der Waals surface area contributed by atoms with E-state index in [4.69, 9.17) is 16.3 Å². The molecule has 6 nitrogen and oxygen atoms in total. The van der Waals surface area contributed by atoms with Gasteiger partial charge in [-0.25, -0.2) is 5.43 Å². The van der Waals surface area contributed by atoms with Gasteiger partial charge < -0.3 is 10.1 Å². The van der Waals surface area contributed by atoms with Gasteiger partial charge in [-0.2, -0.15) is 5.10 Å². The molecule has 1 aliphatic rings. The van der Waals surface area contributed by atoms with Crippen molar-refractivity contribution >= 4 is 34.8 Å². The number of benzene rings is 2. The van der Waals surface area contributed by atoms with Crippen LogP contribution in [0.15, 0.2) is 53.6 Å². The minimum absolute atomic E-state index is 0.0225. The quantitative estimate of drug-likeness (QED) is 0.522. The number of amides is 2. The summed E-state index contributed by atoms with van der Waals surface area (Å²) >= 11 is 5.83. The monoisotopic (exact) mass is 413 g/mol. The maximum atomic E-state index is 12.1. The molecule has 7 heteroatoms. The van der Waals surface area contributed by atoms with Crippen LogP contribution in [0.5, 0.6) is 5.75 Å². The molecule has 1 aliphatic carbocycles. The van der Waals surface area contributed by atoms with Crippen LogP contribution in [0, 0.1) is 5.92 Å². The number of hydrazone groups is 1. The molecule has 152 valence electrons. The summed E-state index contributed by atoms with van der Waals surface area (Å²) in [5.74, 6) is 0.337. The van der Waals surface area contributed by atoms with Crippen LogP contribution >= 0.6 is 11.6 Å². The largest absolute Gasteiger partial charge is 0.484 e. The average Bonchev–Trinajstić information content (AvgIpc) is 3.26. The van der Waals surface area contributed by atoms with Crippen LogP contribution < -0.4 is 15.5 Å². The number of hydrogen-bond acceptors (Lipinski definition) is 4. The van der Waals surface area contributed by atoms with E-state index in [0.29, 0.717) is 22.2 Å². The van der Waals surface area contributed by atoms with Crippen LogP contribution in [0.1, 0.15) is 38.2 Å². The zero-order valence-corrected chi connectivity index (χ0v) is 17.0. The number of rotatable bonds is 7. The van der Waals surface area contributed by atoms with Gasteiger partial charge in [0.1, 0.15) is 5.75 Å². The molecule has 0 bridgehead atoms. The molecule has 0 radical (unpaired) electrons. The maximum absolute atomic E-state index is 12.1. The first-order chi connectivity index (χ1) is 14.0. The molecule has 0 unspecified atom stereocenters. The lowest BCUT2D eigenvalue weighted by Crippen LogP contribution is -2.26. The summed E-state index contributed by atoms with van der Waals surface area (Å²) in [4.78, 5) is 24.3. The molecule has 2 N–H and O–H groups in total. The first-order valence-corrected chi connectivity index (χ1v) is 10.0. The number of ether oxygens (including phenoxy) is 1. The zero-order chi connectivity index (χ0) is 20.6. The third-order valence-corrected chi connectivity index (χ3v) is 5.06. The minimum Gasteiger partial charge on any atom is -0.484 e. The summed E-state index contributed by atoms with van der Waals surface area (Å²) in [6.07, 6.45) is 4.06. The van der Waals surface area contributed by atoms with E-state index < -0.39 is 0 Å². The van der Waals surface area contributed by atoms with E-state index in [9.17, 15) is 9.59 Å². The van der Waals surface area contributed by atoms with Crippen molar-refractivity contribution in [1.82, 2.24) is 5.43 Å². The predicted octanol–water partition coefficient (Wildman–Crippen LogP) is 4.39. The maximum Gasteiger partial charge on any atom is 0.262 e. The topological polar surface area (TPSA) is 79.8 Å². The highest BCUT2D eigenvalue weighted by Gasteiger charge is 2.22. The molecule has 2 aromatic rings. The molecule has 0 saturated heterocycles. The molecule has 2 aromatic carbocycles. The Kier molecular flexibility index (Phi) is 7.25. The Bertz CT molecular complexity index is 890. The number of carbonyl (C=O) groups excluding carboxylic acids is 2. The summed E-state index contributed by atoms with van der Waals surface area (Å²) < 4.78 is 5.44. The Balaban J connectivity index is 1.53. The van der Waals surface area contributed by atoms with Gasteiger partial charge in [0.25, 0.3) is 5.91 Å². The molecule has 3 rings (SSSR count). The second kappa shape index (κ2) is 10.1. The Labute approximate surface area is 175 Å². The van der Waals surface area contributed by atoms with Gasteiger partial charge >= 0.3 is 0 Å². The lowest BCUT2D eigenvalue weighted by molar-refractivity contribution is -0.124. The summed E-state index contributed by atoms with van der Waals surface area (Å²) in [5, 5.41) is 7.61. The number of halogens is 1. The van der Waals surface area contributed by atoms with Crippen LogP contribution in [0.2, 0.25) is 5.02 Å². The van der Waals surface area contributed by atoms with E-state index in [1.54, 1.807) is 36.4 Å². The third-order valence-electron chi connectivity index (χ3n) is 4.81. The van der Waals surface area contributed by atoms with E-state index in [1.165, 1.54) is 0 Å². The van der Waals surface area contributed by atoms with Crippen LogP contribution in [0.25, 0.3) is 0 Å². The number of anilines is 1. The molecule has 1 fully saturated rings. The van der Waals surface area contributed by atoms with E-state index in [2.05, 4.69) is 15.8 Å². The first-order valence-electron chi connectivity index (χ1n) is 9.64. The normalized spacial score (nSPS) is 14.5. The second-order valence-corrected chi connectivity index (χ2v) is 7.46. The highest BCUT2D eigenvalue weighted by Crippen LogP contribution is 2.24. The van der Waals surface area contributed by atoms with Crippen molar-refractivity contribution in [2.45, 2.75) is 32.6 Å². The summed E-state index contributed by atoms with van der Waals surface area (Å²) in [6, 6.07) is 14.1. The average molecular weight is 414 g/mol. The Morgan fingerprint density at radius 2 is 1.86 bits per heavy atom. The van der Waals surface area contributed by atoms with Gasteiger partial charge in [-0.1, -0.05) is 36.6 Å². The molecule has 0 aliphatic heterocycles. The molecular formula is C22H24ClN3O3. The fourth-order valence-corrected chi connectivity index (χ4v) is 3.31. The van der Waals surface area contributed by atoms with Crippen molar-refractivity contribution in [3.8, 4) is 5.75 Å². The van der Waals surface area contributed by atoms with Crippen molar-refractivity contribution in [2.24, 2.45) is 11.0 Å². The minimum atomic E-state index is -0.277. The lowest BCUT2D eigenvalue weighted by atomic mass is 10.1. The molecule has 29 heavy (non-hydrogen) atoms. The smallest absolute Gasteiger partial charge is 0.262 e. The third kappa shape index (κ3) is 6.32. The van der Waals surface area contributed by atoms with Gasteiger partial charge in [0.05, 0.1) is 5.71 Å². The van der Waals surface area contributed by atoms with Crippen molar-refractivity contribution in [1.29, 1.82) is 0 Å². The second-order valence-electron chi connectivity index (χ2n) is 7.03. The standard InChI is InChI=1S/C22H24ClN3O3/c1-15(25-26-22(28)16-5-2-3-6-16)17-7-4-8-19(13-17)24-21(27)14-29-20-11-9-18(23)10-12-20/h4,7-13,16H,2-3,5-6,14H2,1H3,(H,24,27)(H,26,28)/b25-15-. The van der Waals surface area contributed by atoms with Crippen molar-refractivity contribution in [2.75, 3.05) is 11.9 Å². The van der Waals surface area contributed by atoms with Gasteiger partial charge in [-0.05, 0) is 61.7 Å². The van der Waals surface area contributed by atoms with Crippen molar-refractivity contribution < 1.29 is 14.3 Å². The Morgan fingerprint density at radius 1 is 1.14 bits per heavy atom. The van der Waals surface area contributed by atoms with Gasteiger partial charge in [-0.15, -0.1) is 0 Å². The number of hydrogen-bond donors (Lipinski definition) is 2. The number of nitrogens with one attached hydrogen (secondary N) is 2. The fourth-order valence-electron chi connectivity index (χ4n) is 3.18. The van der Waals surface area contributed by atoms with Crippen LogP contribution in [-0.2, 0) is 9.59 Å². The van der Waals surface area contributed by atoms with Crippen LogP contribution in [-0.4, -0.2) is 24.1 Å². The summed E-state index contributed by atoms with van der Waals surface area (Å²) in [7, 11) is 0. The molecular weight excluding hydrogens is 390 g/mol. The van der Waals surface area contributed by atoms with Crippen LogP contribution in [0.4, 0.5) is 5.69 Å². The highest BCUT2D eigenvalue weighted by molar-refractivity contribution is 6.30. The fraction of sp³-hybridized carbons (Fsp3) is 0.318. The van der Waals surface area contributed by atoms with Gasteiger partial charge in [0, 0.05) is 16.6 Å². The molecule has 0 atom stereocenters.